The Morgan fingerprint density at radius 2 is 2.45 bits per heavy atom. The lowest BCUT2D eigenvalue weighted by Crippen LogP contribution is -2.23. The number of rotatable bonds is 0. The fourth-order valence-electron chi connectivity index (χ4n) is 1.77. The molecule has 60 valence electrons. The van der Waals surface area contributed by atoms with Gasteiger partial charge in [-0.1, -0.05) is 19.1 Å². The minimum absolute atomic E-state index is 0.579. The summed E-state index contributed by atoms with van der Waals surface area (Å²) in [7, 11) is 0. The average Bonchev–Trinajstić information content (AvgIpc) is 2.35. The topological polar surface area (TPSA) is 26.0 Å². The van der Waals surface area contributed by atoms with Crippen LogP contribution in [-0.4, -0.2) is 11.0 Å². The van der Waals surface area contributed by atoms with Gasteiger partial charge in [0, 0.05) is 5.70 Å². The molecule has 0 amide bonds. The van der Waals surface area contributed by atoms with E-state index in [2.05, 4.69) is 19.1 Å². The molecule has 2 heteroatoms. The summed E-state index contributed by atoms with van der Waals surface area (Å²) in [5, 5.41) is 0.579. The average molecular weight is 167 g/mol. The molecule has 0 aromatic rings. The fourth-order valence-corrected chi connectivity index (χ4v) is 3.36. The fraction of sp³-hybridized carbons (Fsp3) is 0.556. The van der Waals surface area contributed by atoms with Gasteiger partial charge in [-0.3, -0.25) is 0 Å². The summed E-state index contributed by atoms with van der Waals surface area (Å²) in [5.41, 5.74) is 6.93. The molecule has 3 atom stereocenters. The van der Waals surface area contributed by atoms with Crippen molar-refractivity contribution in [1.29, 1.82) is 0 Å². The molecule has 1 saturated heterocycles. The molecule has 2 rings (SSSR count). The number of hydrogen-bond donors (Lipinski definition) is 1. The van der Waals surface area contributed by atoms with E-state index in [9.17, 15) is 0 Å². The smallest absolute Gasteiger partial charge is 0.0508 e. The van der Waals surface area contributed by atoms with Crippen LogP contribution < -0.4 is 5.73 Å². The van der Waals surface area contributed by atoms with E-state index in [4.69, 9.17) is 5.73 Å². The van der Waals surface area contributed by atoms with Crippen LogP contribution in [0.4, 0.5) is 0 Å². The second-order valence-electron chi connectivity index (χ2n) is 3.36. The van der Waals surface area contributed by atoms with Gasteiger partial charge in [0.2, 0.25) is 0 Å². The summed E-state index contributed by atoms with van der Waals surface area (Å²) in [6.45, 7) is 2.31. The molecule has 0 saturated carbocycles. The van der Waals surface area contributed by atoms with Crippen molar-refractivity contribution in [2.75, 3.05) is 5.75 Å². The lowest BCUT2D eigenvalue weighted by atomic mass is 9.88. The Morgan fingerprint density at radius 1 is 1.64 bits per heavy atom. The molecule has 1 heterocycles. The first-order chi connectivity index (χ1) is 5.29. The molecule has 0 spiro atoms. The van der Waals surface area contributed by atoms with Gasteiger partial charge in [-0.2, -0.15) is 11.8 Å². The molecule has 1 fully saturated rings. The van der Waals surface area contributed by atoms with E-state index in [1.807, 2.05) is 17.8 Å². The molecule has 0 radical (unpaired) electrons. The maximum atomic E-state index is 5.87. The minimum atomic E-state index is 0.579. The van der Waals surface area contributed by atoms with Crippen LogP contribution in [0.25, 0.3) is 0 Å². The molecule has 0 aromatic carbocycles. The lowest BCUT2D eigenvalue weighted by Gasteiger charge is -2.21. The standard InChI is InChI=1S/C9H13NS/c1-6-5-11-9-7(6)3-2-4-8(9)10/h2-4,6-7,9H,5,10H2,1H3. The molecule has 2 aliphatic rings. The van der Waals surface area contributed by atoms with Gasteiger partial charge in [0.05, 0.1) is 5.25 Å². The van der Waals surface area contributed by atoms with E-state index < -0.39 is 0 Å². The molecular weight excluding hydrogens is 154 g/mol. The zero-order valence-electron chi connectivity index (χ0n) is 6.66. The van der Waals surface area contributed by atoms with Crippen LogP contribution in [0.2, 0.25) is 0 Å². The van der Waals surface area contributed by atoms with Crippen molar-refractivity contribution in [3.05, 3.63) is 23.9 Å². The highest BCUT2D eigenvalue weighted by atomic mass is 32.2. The number of thioether (sulfide) groups is 1. The van der Waals surface area contributed by atoms with E-state index in [1.165, 1.54) is 5.75 Å². The van der Waals surface area contributed by atoms with Gasteiger partial charge < -0.3 is 5.73 Å². The Hall–Kier alpha value is -0.370. The highest BCUT2D eigenvalue weighted by molar-refractivity contribution is 8.00. The maximum absolute atomic E-state index is 5.87. The zero-order chi connectivity index (χ0) is 7.84. The minimum Gasteiger partial charge on any atom is -0.401 e. The van der Waals surface area contributed by atoms with Crippen molar-refractivity contribution in [3.63, 3.8) is 0 Å². The van der Waals surface area contributed by atoms with Crippen LogP contribution in [0.5, 0.6) is 0 Å². The third kappa shape index (κ3) is 1.09. The quantitative estimate of drug-likeness (QED) is 0.595. The zero-order valence-corrected chi connectivity index (χ0v) is 7.47. The predicted octanol–water partition coefficient (Wildman–Crippen LogP) is 1.77. The molecule has 2 N–H and O–H groups in total. The van der Waals surface area contributed by atoms with Gasteiger partial charge in [0.15, 0.2) is 0 Å². The summed E-state index contributed by atoms with van der Waals surface area (Å²) < 4.78 is 0. The predicted molar refractivity (Wildman–Crippen MR) is 50.3 cm³/mol. The molecule has 0 aromatic heterocycles. The molecule has 1 aliphatic heterocycles. The van der Waals surface area contributed by atoms with Crippen molar-refractivity contribution >= 4 is 11.8 Å². The summed E-state index contributed by atoms with van der Waals surface area (Å²) in [6.07, 6.45) is 6.43. The third-order valence-corrected chi connectivity index (χ3v) is 4.16. The summed E-state index contributed by atoms with van der Waals surface area (Å²) >= 11 is 2.00. The van der Waals surface area contributed by atoms with Gasteiger partial charge in [0.25, 0.3) is 0 Å². The Balaban J connectivity index is 2.24. The third-order valence-electron chi connectivity index (χ3n) is 2.50. The van der Waals surface area contributed by atoms with Crippen LogP contribution in [-0.2, 0) is 0 Å². The van der Waals surface area contributed by atoms with Gasteiger partial charge in [-0.25, -0.2) is 0 Å². The summed E-state index contributed by atoms with van der Waals surface area (Å²) in [4.78, 5) is 0. The summed E-state index contributed by atoms with van der Waals surface area (Å²) in [6, 6.07) is 0. The van der Waals surface area contributed by atoms with Crippen LogP contribution >= 0.6 is 11.8 Å². The van der Waals surface area contributed by atoms with E-state index in [-0.39, 0.29) is 0 Å². The van der Waals surface area contributed by atoms with E-state index in [0.29, 0.717) is 11.2 Å². The number of fused-ring (bicyclic) bond motifs is 1. The Morgan fingerprint density at radius 3 is 3.18 bits per heavy atom. The largest absolute Gasteiger partial charge is 0.401 e. The van der Waals surface area contributed by atoms with Crippen molar-refractivity contribution in [2.24, 2.45) is 17.6 Å². The molecular formula is C9H13NS. The van der Waals surface area contributed by atoms with Gasteiger partial charge >= 0.3 is 0 Å². The van der Waals surface area contributed by atoms with Crippen LogP contribution in [0.1, 0.15) is 6.92 Å². The van der Waals surface area contributed by atoms with Crippen LogP contribution in [0.3, 0.4) is 0 Å². The van der Waals surface area contributed by atoms with Gasteiger partial charge in [-0.15, -0.1) is 0 Å². The Bertz CT molecular complexity index is 220. The first kappa shape index (κ1) is 7.29. The number of hydrogen-bond acceptors (Lipinski definition) is 2. The SMILES string of the molecule is CC1CSC2C(N)=CC=CC12. The second kappa shape index (κ2) is 2.59. The van der Waals surface area contributed by atoms with Crippen molar-refractivity contribution < 1.29 is 0 Å². The van der Waals surface area contributed by atoms with Gasteiger partial charge in [-0.05, 0) is 23.7 Å². The van der Waals surface area contributed by atoms with E-state index in [0.717, 1.165) is 11.6 Å². The lowest BCUT2D eigenvalue weighted by molar-refractivity contribution is 0.500. The number of nitrogens with two attached hydrogens (primary N) is 1. The second-order valence-corrected chi connectivity index (χ2v) is 4.53. The molecule has 0 bridgehead atoms. The molecule has 1 aliphatic carbocycles. The van der Waals surface area contributed by atoms with Crippen molar-refractivity contribution in [2.45, 2.75) is 12.2 Å². The number of allylic oxidation sites excluding steroid dienone is 3. The van der Waals surface area contributed by atoms with Crippen LogP contribution in [0.15, 0.2) is 23.9 Å². The van der Waals surface area contributed by atoms with E-state index in [1.54, 1.807) is 0 Å². The highest BCUT2D eigenvalue weighted by Crippen LogP contribution is 2.41. The first-order valence-corrected chi connectivity index (χ1v) is 5.09. The summed E-state index contributed by atoms with van der Waals surface area (Å²) in [5.74, 6) is 2.76. The highest BCUT2D eigenvalue weighted by Gasteiger charge is 2.34. The van der Waals surface area contributed by atoms with E-state index >= 15 is 0 Å². The normalized spacial score (nSPS) is 41.9. The van der Waals surface area contributed by atoms with Crippen molar-refractivity contribution in [1.82, 2.24) is 0 Å². The van der Waals surface area contributed by atoms with Crippen molar-refractivity contribution in [3.8, 4) is 0 Å². The molecule has 1 nitrogen and oxygen atoms in total. The van der Waals surface area contributed by atoms with Gasteiger partial charge in [0.1, 0.15) is 0 Å². The monoisotopic (exact) mass is 167 g/mol. The molecule has 11 heavy (non-hydrogen) atoms. The van der Waals surface area contributed by atoms with Crippen LogP contribution in [0, 0.1) is 11.8 Å². The Labute approximate surface area is 71.7 Å². The maximum Gasteiger partial charge on any atom is 0.0508 e. The molecule has 3 unspecified atom stereocenters. The Kier molecular flexibility index (Phi) is 1.72. The first-order valence-electron chi connectivity index (χ1n) is 4.04.